The second-order valence-corrected chi connectivity index (χ2v) is 8.85. The Balaban J connectivity index is 1.74. The number of rotatable bonds is 6. The van der Waals surface area contributed by atoms with Crippen LogP contribution in [0.3, 0.4) is 0 Å². The van der Waals surface area contributed by atoms with Crippen molar-refractivity contribution in [2.75, 3.05) is 31.6 Å². The first-order valence-corrected chi connectivity index (χ1v) is 11.4. The van der Waals surface area contributed by atoms with Gasteiger partial charge in [0, 0.05) is 34.1 Å². The van der Waals surface area contributed by atoms with Crippen LogP contribution >= 0.6 is 22.9 Å². The molecule has 1 aromatic heterocycles. The molecule has 2 aromatic carbocycles. The Bertz CT molecular complexity index is 999. The number of halogens is 1. The third-order valence-corrected chi connectivity index (χ3v) is 6.74. The first-order valence-electron chi connectivity index (χ1n) is 10.2. The van der Waals surface area contributed by atoms with Gasteiger partial charge in [0.1, 0.15) is 5.00 Å². The molecule has 0 radical (unpaired) electrons. The number of amides is 1. The van der Waals surface area contributed by atoms with Crippen LogP contribution in [0.5, 0.6) is 0 Å². The molecule has 2 heterocycles. The quantitative estimate of drug-likeness (QED) is 0.539. The average Bonchev–Trinajstić information content (AvgIpc) is 3.18. The minimum absolute atomic E-state index is 0.00947. The number of ether oxygens (including phenoxy) is 1. The molecule has 1 fully saturated rings. The third kappa shape index (κ3) is 4.76. The minimum atomic E-state index is -0.0897. The molecule has 1 N–H and O–H groups in total. The molecule has 4 rings (SSSR count). The molecule has 30 heavy (non-hydrogen) atoms. The van der Waals surface area contributed by atoms with E-state index in [9.17, 15) is 4.79 Å². The van der Waals surface area contributed by atoms with E-state index in [1.54, 1.807) is 11.3 Å². The van der Waals surface area contributed by atoms with E-state index in [2.05, 4.69) is 29.3 Å². The van der Waals surface area contributed by atoms with E-state index in [4.69, 9.17) is 16.3 Å². The second kappa shape index (κ2) is 9.75. The maximum atomic E-state index is 12.9. The maximum absolute atomic E-state index is 12.9. The summed E-state index contributed by atoms with van der Waals surface area (Å²) in [4.78, 5) is 16.5. The number of hydrogen-bond acceptors (Lipinski definition) is 4. The Morgan fingerprint density at radius 2 is 1.90 bits per heavy atom. The van der Waals surface area contributed by atoms with Crippen molar-refractivity contribution in [2.24, 2.45) is 0 Å². The van der Waals surface area contributed by atoms with Crippen LogP contribution in [0.15, 0.2) is 60.7 Å². The Morgan fingerprint density at radius 1 is 1.13 bits per heavy atom. The lowest BCUT2D eigenvalue weighted by Crippen LogP contribution is -2.39. The summed E-state index contributed by atoms with van der Waals surface area (Å²) in [7, 11) is 0. The topological polar surface area (TPSA) is 41.6 Å². The molecule has 156 valence electrons. The fourth-order valence-electron chi connectivity index (χ4n) is 3.80. The highest BCUT2D eigenvalue weighted by Crippen LogP contribution is 2.40. The van der Waals surface area contributed by atoms with Crippen LogP contribution in [0.4, 0.5) is 5.00 Å². The number of hydrogen-bond donors (Lipinski definition) is 1. The standard InChI is InChI=1S/C24H25ClN2O2S/c1-2-20-16-21(24(30-20)26-23(28)17-7-4-3-5-8-17)22(27-11-13-29-14-12-27)18-9-6-10-19(25)15-18/h3-10,15-16,22H,2,11-14H2,1H3,(H,26,28). The first-order chi connectivity index (χ1) is 14.7. The summed E-state index contributed by atoms with van der Waals surface area (Å²) in [6, 6.07) is 19.6. The number of carbonyl (C=O) groups excluding carboxylic acids is 1. The van der Waals surface area contributed by atoms with Crippen molar-refractivity contribution in [3.05, 3.63) is 87.3 Å². The van der Waals surface area contributed by atoms with Gasteiger partial charge in [-0.15, -0.1) is 11.3 Å². The normalized spacial score (nSPS) is 15.7. The van der Waals surface area contributed by atoms with Gasteiger partial charge in [0.15, 0.2) is 0 Å². The zero-order valence-electron chi connectivity index (χ0n) is 16.9. The highest BCUT2D eigenvalue weighted by Gasteiger charge is 2.28. The largest absolute Gasteiger partial charge is 0.379 e. The Hall–Kier alpha value is -2.18. The van der Waals surface area contributed by atoms with E-state index in [1.165, 1.54) is 4.88 Å². The number of anilines is 1. The number of nitrogens with zero attached hydrogens (tertiary/aromatic N) is 1. The van der Waals surface area contributed by atoms with Crippen LogP contribution in [-0.4, -0.2) is 37.1 Å². The Morgan fingerprint density at radius 3 is 2.60 bits per heavy atom. The summed E-state index contributed by atoms with van der Waals surface area (Å²) in [5, 5.41) is 4.79. The highest BCUT2D eigenvalue weighted by atomic mass is 35.5. The first kappa shape index (κ1) is 21.1. The molecule has 6 heteroatoms. The molecule has 1 amide bonds. The summed E-state index contributed by atoms with van der Waals surface area (Å²) in [5.41, 5.74) is 2.89. The van der Waals surface area contributed by atoms with Gasteiger partial charge in [-0.3, -0.25) is 9.69 Å². The number of thiophene rings is 1. The van der Waals surface area contributed by atoms with Gasteiger partial charge in [-0.1, -0.05) is 48.9 Å². The number of carbonyl (C=O) groups is 1. The van der Waals surface area contributed by atoms with E-state index in [-0.39, 0.29) is 11.9 Å². The molecule has 0 aliphatic carbocycles. The average molecular weight is 441 g/mol. The number of morpholine rings is 1. The second-order valence-electron chi connectivity index (χ2n) is 7.28. The fraction of sp³-hybridized carbons (Fsp3) is 0.292. The van der Waals surface area contributed by atoms with Gasteiger partial charge in [-0.05, 0) is 42.3 Å². The van der Waals surface area contributed by atoms with Gasteiger partial charge < -0.3 is 10.1 Å². The third-order valence-electron chi connectivity index (χ3n) is 5.29. The van der Waals surface area contributed by atoms with Crippen LogP contribution in [0.25, 0.3) is 0 Å². The predicted octanol–water partition coefficient (Wildman–Crippen LogP) is 5.64. The van der Waals surface area contributed by atoms with Crippen molar-refractivity contribution in [1.82, 2.24) is 4.90 Å². The zero-order chi connectivity index (χ0) is 20.9. The van der Waals surface area contributed by atoms with Crippen molar-refractivity contribution in [3.8, 4) is 0 Å². The van der Waals surface area contributed by atoms with Crippen LogP contribution in [0.1, 0.15) is 39.3 Å². The van der Waals surface area contributed by atoms with Crippen LogP contribution in [-0.2, 0) is 11.2 Å². The van der Waals surface area contributed by atoms with E-state index >= 15 is 0 Å². The van der Waals surface area contributed by atoms with Crippen molar-refractivity contribution in [1.29, 1.82) is 0 Å². The van der Waals surface area contributed by atoms with Crippen molar-refractivity contribution >= 4 is 33.8 Å². The molecule has 1 unspecified atom stereocenters. The molecule has 4 nitrogen and oxygen atoms in total. The molecular formula is C24H25ClN2O2S. The summed E-state index contributed by atoms with van der Waals surface area (Å²) < 4.78 is 5.59. The Labute approximate surface area is 186 Å². The van der Waals surface area contributed by atoms with Gasteiger partial charge in [-0.2, -0.15) is 0 Å². The molecule has 1 aliphatic rings. The molecule has 0 bridgehead atoms. The van der Waals surface area contributed by atoms with Crippen molar-refractivity contribution in [3.63, 3.8) is 0 Å². The van der Waals surface area contributed by atoms with E-state index in [1.807, 2.05) is 48.5 Å². The smallest absolute Gasteiger partial charge is 0.256 e. The van der Waals surface area contributed by atoms with Gasteiger partial charge in [0.2, 0.25) is 0 Å². The lowest BCUT2D eigenvalue weighted by Gasteiger charge is -2.35. The summed E-state index contributed by atoms with van der Waals surface area (Å²) >= 11 is 7.99. The van der Waals surface area contributed by atoms with E-state index < -0.39 is 0 Å². The fourth-order valence-corrected chi connectivity index (χ4v) is 5.02. The zero-order valence-corrected chi connectivity index (χ0v) is 18.5. The summed E-state index contributed by atoms with van der Waals surface area (Å²) in [5.74, 6) is -0.0897. The highest BCUT2D eigenvalue weighted by molar-refractivity contribution is 7.16. The maximum Gasteiger partial charge on any atom is 0.256 e. The van der Waals surface area contributed by atoms with E-state index in [0.29, 0.717) is 23.8 Å². The molecule has 1 atom stereocenters. The molecule has 0 spiro atoms. The monoisotopic (exact) mass is 440 g/mol. The van der Waals surface area contributed by atoms with Crippen molar-refractivity contribution in [2.45, 2.75) is 19.4 Å². The van der Waals surface area contributed by atoms with Gasteiger partial charge in [0.25, 0.3) is 5.91 Å². The molecular weight excluding hydrogens is 416 g/mol. The SMILES string of the molecule is CCc1cc(C(c2cccc(Cl)c2)N2CCOCC2)c(NC(=O)c2ccccc2)s1. The van der Waals surface area contributed by atoms with Gasteiger partial charge in [0.05, 0.1) is 19.3 Å². The molecule has 3 aromatic rings. The summed E-state index contributed by atoms with van der Waals surface area (Å²) in [6.45, 7) is 5.21. The van der Waals surface area contributed by atoms with Crippen molar-refractivity contribution < 1.29 is 9.53 Å². The predicted molar refractivity (Wildman–Crippen MR) is 124 cm³/mol. The van der Waals surface area contributed by atoms with Crippen LogP contribution in [0, 0.1) is 0 Å². The number of nitrogens with one attached hydrogen (secondary N) is 1. The molecule has 1 saturated heterocycles. The number of benzene rings is 2. The lowest BCUT2D eigenvalue weighted by atomic mass is 9.97. The number of aryl methyl sites for hydroxylation is 1. The molecule has 1 aliphatic heterocycles. The molecule has 0 saturated carbocycles. The lowest BCUT2D eigenvalue weighted by molar-refractivity contribution is 0.0241. The minimum Gasteiger partial charge on any atom is -0.379 e. The Kier molecular flexibility index (Phi) is 6.85. The van der Waals surface area contributed by atoms with Crippen LogP contribution < -0.4 is 5.32 Å². The van der Waals surface area contributed by atoms with Gasteiger partial charge in [-0.25, -0.2) is 0 Å². The van der Waals surface area contributed by atoms with Gasteiger partial charge >= 0.3 is 0 Å². The van der Waals surface area contributed by atoms with E-state index in [0.717, 1.165) is 35.6 Å². The summed E-state index contributed by atoms with van der Waals surface area (Å²) in [6.07, 6.45) is 0.921. The van der Waals surface area contributed by atoms with Crippen LogP contribution in [0.2, 0.25) is 5.02 Å².